The lowest BCUT2D eigenvalue weighted by molar-refractivity contribution is -0.172. The van der Waals surface area contributed by atoms with Gasteiger partial charge >= 0.3 is 5.97 Å². The monoisotopic (exact) mass is 560 g/mol. The van der Waals surface area contributed by atoms with E-state index in [-0.39, 0.29) is 23.5 Å². The lowest BCUT2D eigenvalue weighted by atomic mass is 9.86. The first-order valence-corrected chi connectivity index (χ1v) is 17.1. The molecule has 1 unspecified atom stereocenters. The maximum absolute atomic E-state index is 13.7. The number of cyclic esters (lactones) is 1. The minimum Gasteiger partial charge on any atom is -0.458 e. The molecule has 3 aromatic heterocycles. The molecule has 0 saturated heterocycles. The van der Waals surface area contributed by atoms with Gasteiger partial charge in [-0.3, -0.25) is 4.79 Å². The molecule has 0 amide bonds. The number of benzene rings is 1. The Labute approximate surface area is 233 Å². The second kappa shape index (κ2) is 9.18. The number of hydrogen-bond acceptors (Lipinski definition) is 7. The molecule has 0 aliphatic carbocycles. The number of ether oxygens (including phenoxy) is 1. The van der Waals surface area contributed by atoms with Crippen molar-refractivity contribution < 1.29 is 14.6 Å². The van der Waals surface area contributed by atoms with Gasteiger partial charge in [-0.15, -0.1) is 0 Å². The van der Waals surface area contributed by atoms with Crippen LogP contribution in [0.15, 0.2) is 47.5 Å². The van der Waals surface area contributed by atoms with Crippen molar-refractivity contribution in [2.75, 3.05) is 0 Å². The Morgan fingerprint density at radius 2 is 2.00 bits per heavy atom. The molecule has 6 rings (SSSR count). The van der Waals surface area contributed by atoms with Crippen LogP contribution in [0.2, 0.25) is 19.1 Å². The summed E-state index contributed by atoms with van der Waals surface area (Å²) < 4.78 is 8.98. The first kappa shape index (κ1) is 26.0. The lowest BCUT2D eigenvalue weighted by Gasteiger charge is -2.31. The third-order valence-corrected chi connectivity index (χ3v) is 14.2. The summed E-state index contributed by atoms with van der Waals surface area (Å²) in [5, 5.41) is 12.3. The number of aryl methyl sites for hydroxylation is 2. The number of hydrogen-bond donors (Lipinski definition) is 2. The molecular formula is C29H32N4O4SSi. The summed E-state index contributed by atoms with van der Waals surface area (Å²) >= 11 is 5.03. The number of aromatic nitrogens is 4. The predicted molar refractivity (Wildman–Crippen MR) is 155 cm³/mol. The van der Waals surface area contributed by atoms with Crippen LogP contribution in [-0.2, 0) is 41.8 Å². The van der Waals surface area contributed by atoms with E-state index in [0.29, 0.717) is 23.4 Å². The van der Waals surface area contributed by atoms with Gasteiger partial charge in [-0.1, -0.05) is 44.3 Å². The number of aliphatic hydroxyl groups is 1. The molecule has 0 spiro atoms. The van der Waals surface area contributed by atoms with Crippen molar-refractivity contribution >= 4 is 37.6 Å². The van der Waals surface area contributed by atoms with E-state index in [0.717, 1.165) is 40.4 Å². The molecule has 0 radical (unpaired) electrons. The van der Waals surface area contributed by atoms with Crippen LogP contribution in [0.25, 0.3) is 22.3 Å². The standard InChI is InChI=1S/C29H32N4O4SSi/c1-5-29(36)21-14-23-24-19(15-33(23)26(34)20(21)16-37-28(29)35)17(18-8-6-7-9-22(18)31-24)10-13-39(3,4)27(38)25-30-11-12-32(25)2/h6-9,11-12,14,27,36,38H,5,10,13,15-16H2,1-4H3/t27?,29-/m0/s1. The van der Waals surface area contributed by atoms with Gasteiger partial charge in [0, 0.05) is 36.0 Å². The summed E-state index contributed by atoms with van der Waals surface area (Å²) in [7, 11) is 0.122. The number of carbonyl (C=O) groups is 1. The van der Waals surface area contributed by atoms with E-state index in [9.17, 15) is 14.7 Å². The van der Waals surface area contributed by atoms with Crippen molar-refractivity contribution in [2.24, 2.45) is 7.05 Å². The number of carbonyl (C=O) groups excluding carboxylic acids is 1. The van der Waals surface area contributed by atoms with Crippen molar-refractivity contribution in [3.05, 3.63) is 81.2 Å². The summed E-state index contributed by atoms with van der Waals surface area (Å²) in [6.07, 6.45) is 4.72. The van der Waals surface area contributed by atoms with Gasteiger partial charge in [0.25, 0.3) is 5.56 Å². The van der Waals surface area contributed by atoms with Crippen LogP contribution in [0.5, 0.6) is 0 Å². The summed E-state index contributed by atoms with van der Waals surface area (Å²) in [5.41, 5.74) is 3.05. The van der Waals surface area contributed by atoms with E-state index in [1.807, 2.05) is 42.2 Å². The minimum absolute atomic E-state index is 0.0782. The van der Waals surface area contributed by atoms with Crippen molar-refractivity contribution in [1.29, 1.82) is 0 Å². The summed E-state index contributed by atoms with van der Waals surface area (Å²) in [6.45, 7) is 6.67. The number of para-hydroxylation sites is 1. The molecule has 2 aliphatic heterocycles. The number of esters is 1. The summed E-state index contributed by atoms with van der Waals surface area (Å²) in [6, 6.07) is 10.8. The zero-order valence-electron chi connectivity index (χ0n) is 22.6. The van der Waals surface area contributed by atoms with E-state index in [1.165, 1.54) is 5.56 Å². The number of imidazole rings is 1. The Hall–Kier alpha value is -3.21. The molecule has 202 valence electrons. The van der Waals surface area contributed by atoms with E-state index in [4.69, 9.17) is 22.3 Å². The third-order valence-electron chi connectivity index (χ3n) is 8.58. The van der Waals surface area contributed by atoms with Crippen molar-refractivity contribution in [2.45, 2.75) is 62.5 Å². The molecule has 1 aromatic carbocycles. The van der Waals surface area contributed by atoms with E-state index in [2.05, 4.69) is 24.1 Å². The van der Waals surface area contributed by atoms with Gasteiger partial charge in [-0.2, -0.15) is 12.6 Å². The highest BCUT2D eigenvalue weighted by atomic mass is 32.1. The van der Waals surface area contributed by atoms with Crippen LogP contribution in [0.4, 0.5) is 0 Å². The van der Waals surface area contributed by atoms with Gasteiger partial charge in [0.05, 0.1) is 42.0 Å². The number of thiol groups is 1. The fourth-order valence-electron chi connectivity index (χ4n) is 5.97. The summed E-state index contributed by atoms with van der Waals surface area (Å²) in [4.78, 5) is 35.8. The van der Waals surface area contributed by atoms with Crippen LogP contribution < -0.4 is 5.56 Å². The highest BCUT2D eigenvalue weighted by molar-refractivity contribution is 7.82. The van der Waals surface area contributed by atoms with Crippen molar-refractivity contribution in [3.8, 4) is 11.4 Å². The first-order chi connectivity index (χ1) is 18.6. The van der Waals surface area contributed by atoms with Gasteiger partial charge in [0.1, 0.15) is 12.4 Å². The van der Waals surface area contributed by atoms with Gasteiger partial charge in [-0.25, -0.2) is 14.8 Å². The molecule has 8 nitrogen and oxygen atoms in total. The third kappa shape index (κ3) is 3.91. The predicted octanol–water partition coefficient (Wildman–Crippen LogP) is 4.27. The fraction of sp³-hybridized carbons (Fsp3) is 0.379. The molecular weight excluding hydrogens is 528 g/mol. The number of rotatable bonds is 6. The van der Waals surface area contributed by atoms with E-state index in [1.54, 1.807) is 17.6 Å². The average Bonchev–Trinajstić information content (AvgIpc) is 3.52. The Bertz CT molecular complexity index is 1710. The molecule has 2 atom stereocenters. The lowest BCUT2D eigenvalue weighted by Crippen LogP contribution is -2.44. The molecule has 39 heavy (non-hydrogen) atoms. The van der Waals surface area contributed by atoms with Crippen LogP contribution in [0.3, 0.4) is 0 Å². The highest BCUT2D eigenvalue weighted by Crippen LogP contribution is 2.41. The Morgan fingerprint density at radius 1 is 1.23 bits per heavy atom. The Balaban J connectivity index is 1.46. The zero-order chi connectivity index (χ0) is 27.7. The molecule has 0 bridgehead atoms. The minimum atomic E-state index is -1.88. The quantitative estimate of drug-likeness (QED) is 0.183. The van der Waals surface area contributed by atoms with Crippen LogP contribution >= 0.6 is 12.6 Å². The maximum Gasteiger partial charge on any atom is 0.343 e. The molecule has 0 fully saturated rings. The van der Waals surface area contributed by atoms with E-state index >= 15 is 0 Å². The van der Waals surface area contributed by atoms with Crippen LogP contribution in [0, 0.1) is 0 Å². The van der Waals surface area contributed by atoms with Crippen molar-refractivity contribution in [1.82, 2.24) is 19.1 Å². The van der Waals surface area contributed by atoms with Crippen LogP contribution in [-0.4, -0.2) is 38.3 Å². The maximum atomic E-state index is 13.7. The second-order valence-electron chi connectivity index (χ2n) is 11.3. The Morgan fingerprint density at radius 3 is 2.72 bits per heavy atom. The second-order valence-corrected chi connectivity index (χ2v) is 17.4. The fourth-order valence-corrected chi connectivity index (χ4v) is 8.75. The van der Waals surface area contributed by atoms with Crippen molar-refractivity contribution in [3.63, 3.8) is 0 Å². The van der Waals surface area contributed by atoms with Crippen LogP contribution in [0.1, 0.15) is 46.3 Å². The number of nitrogens with zero attached hydrogens (tertiary/aromatic N) is 4. The normalized spacial score (nSPS) is 19.0. The zero-order valence-corrected chi connectivity index (χ0v) is 24.5. The molecule has 0 saturated carbocycles. The molecule has 10 heteroatoms. The molecule has 5 heterocycles. The number of fused-ring (bicyclic) bond motifs is 5. The average molecular weight is 561 g/mol. The van der Waals surface area contributed by atoms with Gasteiger partial charge in [0.2, 0.25) is 0 Å². The Kier molecular flexibility index (Phi) is 6.12. The molecule has 4 aromatic rings. The number of pyridine rings is 2. The first-order valence-electron chi connectivity index (χ1n) is 13.3. The smallest absolute Gasteiger partial charge is 0.343 e. The van der Waals surface area contributed by atoms with Gasteiger partial charge in [0.15, 0.2) is 5.60 Å². The largest absolute Gasteiger partial charge is 0.458 e. The molecule has 2 aliphatic rings. The topological polar surface area (TPSA) is 99.2 Å². The highest BCUT2D eigenvalue weighted by Gasteiger charge is 2.45. The van der Waals surface area contributed by atoms with Gasteiger partial charge < -0.3 is 19.0 Å². The van der Waals surface area contributed by atoms with Gasteiger partial charge in [-0.05, 0) is 30.5 Å². The summed E-state index contributed by atoms with van der Waals surface area (Å²) in [5.74, 6) is 0.276. The van der Waals surface area contributed by atoms with E-state index < -0.39 is 19.6 Å². The molecule has 1 N–H and O–H groups in total. The SMILES string of the molecule is CC[C@@]1(O)C(=O)OCc2c1cc1n(c2=O)Cc2c-1nc1ccccc1c2CC[Si](C)(C)C(S)c1nccn1C.